The SMILES string of the molecule is COC1CN(C(C)C)CC1NC(=O)c1ccc(N(C)C)nc1. The van der Waals surface area contributed by atoms with Crippen LogP contribution in [0.3, 0.4) is 0 Å². The van der Waals surface area contributed by atoms with Crippen molar-refractivity contribution in [1.29, 1.82) is 0 Å². The summed E-state index contributed by atoms with van der Waals surface area (Å²) in [6.45, 7) is 5.96. The van der Waals surface area contributed by atoms with Gasteiger partial charge in [-0.25, -0.2) is 4.98 Å². The van der Waals surface area contributed by atoms with E-state index < -0.39 is 0 Å². The standard InChI is InChI=1S/C16H26N4O2/c1-11(2)20-9-13(14(10-20)22-5)18-16(21)12-6-7-15(17-8-12)19(3)4/h6-8,11,13-14H,9-10H2,1-5H3,(H,18,21). The maximum atomic E-state index is 12.4. The lowest BCUT2D eigenvalue weighted by atomic mass is 10.2. The molecular formula is C16H26N4O2. The van der Waals surface area contributed by atoms with Crippen molar-refractivity contribution in [1.82, 2.24) is 15.2 Å². The number of carbonyl (C=O) groups is 1. The normalized spacial score (nSPS) is 22.1. The molecule has 2 unspecified atom stereocenters. The van der Waals surface area contributed by atoms with Crippen LogP contribution in [-0.2, 0) is 4.74 Å². The minimum atomic E-state index is -0.101. The van der Waals surface area contributed by atoms with Gasteiger partial charge < -0.3 is 15.0 Å². The summed E-state index contributed by atoms with van der Waals surface area (Å²) in [4.78, 5) is 20.9. The molecule has 0 spiro atoms. The first-order chi connectivity index (χ1) is 10.4. The van der Waals surface area contributed by atoms with Crippen molar-refractivity contribution >= 4 is 11.7 Å². The highest BCUT2D eigenvalue weighted by Crippen LogP contribution is 2.16. The molecule has 6 heteroatoms. The molecule has 1 aromatic rings. The van der Waals surface area contributed by atoms with Crippen molar-refractivity contribution in [2.45, 2.75) is 32.0 Å². The lowest BCUT2D eigenvalue weighted by molar-refractivity contribution is 0.0753. The maximum absolute atomic E-state index is 12.4. The number of anilines is 1. The zero-order valence-corrected chi connectivity index (χ0v) is 14.0. The summed E-state index contributed by atoms with van der Waals surface area (Å²) in [5.41, 5.74) is 0.573. The van der Waals surface area contributed by atoms with Gasteiger partial charge in [-0.15, -0.1) is 0 Å². The van der Waals surface area contributed by atoms with Crippen LogP contribution in [0.2, 0.25) is 0 Å². The van der Waals surface area contributed by atoms with Crippen LogP contribution in [0.4, 0.5) is 5.82 Å². The van der Waals surface area contributed by atoms with E-state index in [1.54, 1.807) is 19.4 Å². The molecule has 1 aliphatic heterocycles. The molecule has 1 aliphatic rings. The molecule has 1 fully saturated rings. The number of likely N-dealkylation sites (tertiary alicyclic amines) is 1. The van der Waals surface area contributed by atoms with Crippen LogP contribution < -0.4 is 10.2 Å². The Hall–Kier alpha value is -1.66. The molecular weight excluding hydrogens is 280 g/mol. The zero-order chi connectivity index (χ0) is 16.3. The number of ether oxygens (including phenoxy) is 1. The van der Waals surface area contributed by atoms with Gasteiger partial charge in [0, 0.05) is 46.5 Å². The third-order valence-corrected chi connectivity index (χ3v) is 4.11. The van der Waals surface area contributed by atoms with E-state index in [9.17, 15) is 4.79 Å². The second kappa shape index (κ2) is 7.07. The fraction of sp³-hybridized carbons (Fsp3) is 0.625. The van der Waals surface area contributed by atoms with E-state index >= 15 is 0 Å². The number of nitrogens with one attached hydrogen (secondary N) is 1. The summed E-state index contributed by atoms with van der Waals surface area (Å²) in [5.74, 6) is 0.730. The Labute approximate surface area is 132 Å². The summed E-state index contributed by atoms with van der Waals surface area (Å²) in [6, 6.07) is 4.10. The van der Waals surface area contributed by atoms with E-state index in [4.69, 9.17) is 4.74 Å². The van der Waals surface area contributed by atoms with Gasteiger partial charge in [-0.3, -0.25) is 9.69 Å². The van der Waals surface area contributed by atoms with Gasteiger partial charge in [-0.2, -0.15) is 0 Å². The number of aromatic nitrogens is 1. The minimum absolute atomic E-state index is 0.00780. The van der Waals surface area contributed by atoms with Crippen LogP contribution in [0.5, 0.6) is 0 Å². The maximum Gasteiger partial charge on any atom is 0.253 e. The lowest BCUT2D eigenvalue weighted by Gasteiger charge is -2.20. The van der Waals surface area contributed by atoms with Crippen LogP contribution in [0, 0.1) is 0 Å². The summed E-state index contributed by atoms with van der Waals surface area (Å²) in [7, 11) is 5.54. The Morgan fingerprint density at radius 2 is 2.14 bits per heavy atom. The number of hydrogen-bond acceptors (Lipinski definition) is 5. The number of amides is 1. The fourth-order valence-electron chi connectivity index (χ4n) is 2.64. The van der Waals surface area contributed by atoms with Gasteiger partial charge in [-0.05, 0) is 26.0 Å². The third kappa shape index (κ3) is 3.75. The van der Waals surface area contributed by atoms with Gasteiger partial charge in [0.1, 0.15) is 5.82 Å². The summed E-state index contributed by atoms with van der Waals surface area (Å²) < 4.78 is 5.51. The molecule has 0 saturated carbocycles. The van der Waals surface area contributed by atoms with Crippen LogP contribution in [-0.4, -0.2) is 68.3 Å². The minimum Gasteiger partial charge on any atom is -0.378 e. The highest BCUT2D eigenvalue weighted by molar-refractivity contribution is 5.94. The second-order valence-electron chi connectivity index (χ2n) is 6.20. The molecule has 122 valence electrons. The second-order valence-corrected chi connectivity index (χ2v) is 6.20. The van der Waals surface area contributed by atoms with Crippen molar-refractivity contribution < 1.29 is 9.53 Å². The molecule has 2 heterocycles. The average molecular weight is 306 g/mol. The molecule has 1 aromatic heterocycles. The Morgan fingerprint density at radius 3 is 2.64 bits per heavy atom. The quantitative estimate of drug-likeness (QED) is 0.879. The van der Waals surface area contributed by atoms with Crippen molar-refractivity contribution in [3.63, 3.8) is 0 Å². The largest absolute Gasteiger partial charge is 0.378 e. The number of pyridine rings is 1. The highest BCUT2D eigenvalue weighted by Gasteiger charge is 2.35. The van der Waals surface area contributed by atoms with E-state index in [1.807, 2.05) is 25.1 Å². The Kier molecular flexibility index (Phi) is 5.37. The molecule has 22 heavy (non-hydrogen) atoms. The van der Waals surface area contributed by atoms with Gasteiger partial charge in [-0.1, -0.05) is 0 Å². The molecule has 2 atom stereocenters. The number of nitrogens with zero attached hydrogens (tertiary/aromatic N) is 3. The molecule has 1 N–H and O–H groups in total. The van der Waals surface area contributed by atoms with Gasteiger partial charge in [0.05, 0.1) is 17.7 Å². The number of hydrogen-bond donors (Lipinski definition) is 1. The van der Waals surface area contributed by atoms with Crippen LogP contribution >= 0.6 is 0 Å². The summed E-state index contributed by atoms with van der Waals surface area (Å²) in [6.07, 6.45) is 1.64. The molecule has 6 nitrogen and oxygen atoms in total. The first-order valence-corrected chi connectivity index (χ1v) is 7.63. The van der Waals surface area contributed by atoms with Gasteiger partial charge in [0.2, 0.25) is 0 Å². The predicted molar refractivity (Wildman–Crippen MR) is 87.3 cm³/mol. The highest BCUT2D eigenvalue weighted by atomic mass is 16.5. The smallest absolute Gasteiger partial charge is 0.253 e. The van der Waals surface area contributed by atoms with Crippen molar-refractivity contribution in [2.75, 3.05) is 39.2 Å². The monoisotopic (exact) mass is 306 g/mol. The summed E-state index contributed by atoms with van der Waals surface area (Å²) in [5, 5.41) is 3.07. The first kappa shape index (κ1) is 16.7. The van der Waals surface area contributed by atoms with E-state index in [0.29, 0.717) is 11.6 Å². The average Bonchev–Trinajstić information content (AvgIpc) is 2.90. The van der Waals surface area contributed by atoms with Gasteiger partial charge in [0.25, 0.3) is 5.91 Å². The van der Waals surface area contributed by atoms with E-state index in [1.165, 1.54) is 0 Å². The molecule has 0 aliphatic carbocycles. The Morgan fingerprint density at radius 1 is 1.41 bits per heavy atom. The molecule has 0 radical (unpaired) electrons. The number of methoxy groups -OCH3 is 1. The molecule has 0 aromatic carbocycles. The third-order valence-electron chi connectivity index (χ3n) is 4.11. The van der Waals surface area contributed by atoms with Crippen molar-refractivity contribution in [3.8, 4) is 0 Å². The van der Waals surface area contributed by atoms with Crippen LogP contribution in [0.1, 0.15) is 24.2 Å². The lowest BCUT2D eigenvalue weighted by Crippen LogP contribution is -2.43. The fourth-order valence-corrected chi connectivity index (χ4v) is 2.64. The molecule has 1 saturated heterocycles. The predicted octanol–water partition coefficient (Wildman–Crippen LogP) is 0.985. The van der Waals surface area contributed by atoms with Crippen LogP contribution in [0.25, 0.3) is 0 Å². The summed E-state index contributed by atoms with van der Waals surface area (Å²) >= 11 is 0. The zero-order valence-electron chi connectivity index (χ0n) is 14.0. The van der Waals surface area contributed by atoms with Gasteiger partial charge >= 0.3 is 0 Å². The Bertz CT molecular complexity index is 501. The van der Waals surface area contributed by atoms with E-state index in [-0.39, 0.29) is 18.1 Å². The molecule has 0 bridgehead atoms. The number of rotatable bonds is 5. The van der Waals surface area contributed by atoms with E-state index in [0.717, 1.165) is 18.9 Å². The van der Waals surface area contributed by atoms with Gasteiger partial charge in [0.15, 0.2) is 0 Å². The Balaban J connectivity index is 2.01. The topological polar surface area (TPSA) is 57.7 Å². The van der Waals surface area contributed by atoms with Crippen molar-refractivity contribution in [2.24, 2.45) is 0 Å². The number of carbonyl (C=O) groups excluding carboxylic acids is 1. The molecule has 1 amide bonds. The van der Waals surface area contributed by atoms with E-state index in [2.05, 4.69) is 29.0 Å². The molecule has 2 rings (SSSR count). The van der Waals surface area contributed by atoms with Crippen LogP contribution in [0.15, 0.2) is 18.3 Å². The van der Waals surface area contributed by atoms with Crippen molar-refractivity contribution in [3.05, 3.63) is 23.9 Å². The first-order valence-electron chi connectivity index (χ1n) is 7.63.